The molecule has 0 N–H and O–H groups in total. The van der Waals surface area contributed by atoms with E-state index in [2.05, 4.69) is 107 Å². The van der Waals surface area contributed by atoms with Crippen LogP contribution in [0.5, 0.6) is 0 Å². The molecular weight excluding hydrogens is 422 g/mol. The second-order valence-corrected chi connectivity index (χ2v) is 11.4. The molecule has 0 fully saturated rings. The molecule has 0 saturated carbocycles. The van der Waals surface area contributed by atoms with Crippen LogP contribution in [0, 0.1) is 6.92 Å². The number of aryl methyl sites for hydroxylation is 2. The summed E-state index contributed by atoms with van der Waals surface area (Å²) in [4.78, 5) is 0. The summed E-state index contributed by atoms with van der Waals surface area (Å²) in [5.74, 6) is 0.529. The minimum atomic E-state index is 0.104. The fraction of sp³-hybridized carbons (Fsp3) is 0.353. The van der Waals surface area contributed by atoms with E-state index in [4.69, 9.17) is 0 Å². The van der Waals surface area contributed by atoms with Crippen molar-refractivity contribution < 1.29 is 0 Å². The van der Waals surface area contributed by atoms with Gasteiger partial charge in [-0.05, 0) is 95.3 Å². The van der Waals surface area contributed by atoms with Crippen LogP contribution in [-0.2, 0) is 12.5 Å². The summed E-state index contributed by atoms with van der Waals surface area (Å²) >= 11 is 0. The van der Waals surface area contributed by atoms with E-state index < -0.39 is 0 Å². The second kappa shape index (κ2) is 7.98. The first-order valence-electron chi connectivity index (χ1n) is 13.4. The van der Waals surface area contributed by atoms with Gasteiger partial charge < -0.3 is 4.57 Å². The number of nitrogens with zero attached hydrogens (tertiary/aromatic N) is 1. The lowest BCUT2D eigenvalue weighted by Crippen LogP contribution is -2.17. The molecule has 0 aliphatic heterocycles. The average molecular weight is 460 g/mol. The van der Waals surface area contributed by atoms with Crippen LogP contribution in [0.1, 0.15) is 81.5 Å². The summed E-state index contributed by atoms with van der Waals surface area (Å²) in [6.07, 6.45) is 9.49. The molecule has 1 heterocycles. The predicted octanol–water partition coefficient (Wildman–Crippen LogP) is 9.61. The van der Waals surface area contributed by atoms with E-state index in [1.54, 1.807) is 5.57 Å². The highest BCUT2D eigenvalue weighted by Crippen LogP contribution is 2.52. The fourth-order valence-corrected chi connectivity index (χ4v) is 6.88. The van der Waals surface area contributed by atoms with E-state index in [0.717, 1.165) is 6.42 Å². The number of fused-ring (bicyclic) bond motifs is 5. The Morgan fingerprint density at radius 1 is 0.943 bits per heavy atom. The van der Waals surface area contributed by atoms with Crippen LogP contribution in [0.25, 0.3) is 38.5 Å². The van der Waals surface area contributed by atoms with Crippen molar-refractivity contribution in [3.05, 3.63) is 88.5 Å². The van der Waals surface area contributed by atoms with Crippen LogP contribution in [0.2, 0.25) is 0 Å². The van der Waals surface area contributed by atoms with Crippen molar-refractivity contribution in [1.82, 2.24) is 4.57 Å². The third kappa shape index (κ3) is 3.20. The number of allylic oxidation sites excluding steroid dienone is 4. The van der Waals surface area contributed by atoms with E-state index in [9.17, 15) is 0 Å². The van der Waals surface area contributed by atoms with Crippen molar-refractivity contribution in [2.45, 2.75) is 71.6 Å². The molecule has 0 amide bonds. The molecule has 3 aromatic carbocycles. The van der Waals surface area contributed by atoms with Gasteiger partial charge in [0.1, 0.15) is 0 Å². The lowest BCUT2D eigenvalue weighted by Gasteiger charge is -2.25. The van der Waals surface area contributed by atoms with Gasteiger partial charge in [0.15, 0.2) is 0 Å². The third-order valence-electron chi connectivity index (χ3n) is 8.89. The predicted molar refractivity (Wildman–Crippen MR) is 152 cm³/mol. The van der Waals surface area contributed by atoms with Crippen LogP contribution in [0.3, 0.4) is 0 Å². The molecule has 4 aromatic rings. The Bertz CT molecular complexity index is 1550. The Morgan fingerprint density at radius 3 is 2.40 bits per heavy atom. The van der Waals surface area contributed by atoms with Crippen LogP contribution in [0.15, 0.2) is 66.3 Å². The lowest BCUT2D eigenvalue weighted by molar-refractivity contribution is 0.608. The second-order valence-electron chi connectivity index (χ2n) is 11.4. The number of rotatable bonds is 4. The van der Waals surface area contributed by atoms with Crippen molar-refractivity contribution in [3.63, 3.8) is 0 Å². The molecule has 1 atom stereocenters. The average Bonchev–Trinajstić information content (AvgIpc) is 3.25. The molecule has 0 saturated heterocycles. The van der Waals surface area contributed by atoms with Crippen molar-refractivity contribution in [1.29, 1.82) is 0 Å². The summed E-state index contributed by atoms with van der Waals surface area (Å²) in [6, 6.07) is 18.9. The summed E-state index contributed by atoms with van der Waals surface area (Å²) in [6.45, 7) is 11.8. The Balaban J connectivity index is 1.68. The fourth-order valence-electron chi connectivity index (χ4n) is 6.88. The molecule has 1 unspecified atom stereocenters. The molecule has 0 radical (unpaired) electrons. The molecule has 2 aliphatic carbocycles. The minimum absolute atomic E-state index is 0.104. The molecule has 1 aromatic heterocycles. The minimum Gasteiger partial charge on any atom is -0.344 e. The molecule has 178 valence electrons. The highest BCUT2D eigenvalue weighted by Gasteiger charge is 2.38. The number of aromatic nitrogens is 1. The van der Waals surface area contributed by atoms with Gasteiger partial charge in [-0.1, -0.05) is 76.1 Å². The van der Waals surface area contributed by atoms with E-state index in [1.807, 2.05) is 0 Å². The Morgan fingerprint density at radius 2 is 1.66 bits per heavy atom. The quantitative estimate of drug-likeness (QED) is 0.286. The molecule has 2 aliphatic rings. The van der Waals surface area contributed by atoms with Gasteiger partial charge in [0.2, 0.25) is 0 Å². The maximum absolute atomic E-state index is 2.50. The molecule has 6 rings (SSSR count). The first-order valence-corrected chi connectivity index (χ1v) is 13.4. The normalized spacial score (nSPS) is 17.3. The number of hydrogen-bond acceptors (Lipinski definition) is 0. The van der Waals surface area contributed by atoms with Crippen molar-refractivity contribution in [2.75, 3.05) is 0 Å². The largest absolute Gasteiger partial charge is 0.344 e. The first kappa shape index (κ1) is 22.4. The standard InChI is InChI=1S/C34H37N/c1-7-12-21(2)25-19-32-28(17-26(25)23-14-9-8-13-22(23)3)29-18-27-24-15-10-11-16-30(24)34(4,5)31(27)20-33(29)35(32)6/h8-10,13-15,17-21H,7,11-12,16H2,1-6H3. The lowest BCUT2D eigenvalue weighted by atomic mass is 9.78. The van der Waals surface area contributed by atoms with Gasteiger partial charge in [-0.15, -0.1) is 0 Å². The van der Waals surface area contributed by atoms with Gasteiger partial charge in [-0.2, -0.15) is 0 Å². The summed E-state index contributed by atoms with van der Waals surface area (Å²) in [5.41, 5.74) is 14.4. The van der Waals surface area contributed by atoms with E-state index in [1.165, 1.54) is 80.0 Å². The topological polar surface area (TPSA) is 4.93 Å². The first-order chi connectivity index (χ1) is 16.8. The Labute approximate surface area is 210 Å². The SMILES string of the molecule is CCCC(C)c1cc2c(cc1-c1ccccc1C)c1cc3c(cc1n2C)C(C)(C)C1=C3C=CCC1. The molecule has 1 nitrogen and oxygen atoms in total. The van der Waals surface area contributed by atoms with E-state index in [-0.39, 0.29) is 5.41 Å². The van der Waals surface area contributed by atoms with Gasteiger partial charge in [0.25, 0.3) is 0 Å². The van der Waals surface area contributed by atoms with Crippen LogP contribution < -0.4 is 0 Å². The number of hydrogen-bond donors (Lipinski definition) is 0. The molecule has 0 bridgehead atoms. The highest BCUT2D eigenvalue weighted by atomic mass is 14.9. The smallest absolute Gasteiger partial charge is 0.0492 e. The van der Waals surface area contributed by atoms with Crippen LogP contribution >= 0.6 is 0 Å². The molecule has 1 heteroatoms. The summed E-state index contributed by atoms with van der Waals surface area (Å²) < 4.78 is 2.44. The van der Waals surface area contributed by atoms with Crippen molar-refractivity contribution in [2.24, 2.45) is 7.05 Å². The van der Waals surface area contributed by atoms with Crippen LogP contribution in [0.4, 0.5) is 0 Å². The summed E-state index contributed by atoms with van der Waals surface area (Å²) in [5, 5.41) is 2.76. The van der Waals surface area contributed by atoms with E-state index in [0.29, 0.717) is 5.92 Å². The zero-order valence-corrected chi connectivity index (χ0v) is 22.1. The summed E-state index contributed by atoms with van der Waals surface area (Å²) in [7, 11) is 2.26. The van der Waals surface area contributed by atoms with E-state index >= 15 is 0 Å². The zero-order valence-electron chi connectivity index (χ0n) is 22.1. The monoisotopic (exact) mass is 459 g/mol. The Kier molecular flexibility index (Phi) is 5.11. The van der Waals surface area contributed by atoms with Crippen LogP contribution in [-0.4, -0.2) is 4.57 Å². The zero-order chi connectivity index (χ0) is 24.5. The molecule has 0 spiro atoms. The Hall–Kier alpha value is -3.06. The van der Waals surface area contributed by atoms with Crippen molar-refractivity contribution >= 4 is 27.4 Å². The van der Waals surface area contributed by atoms with Gasteiger partial charge in [0, 0.05) is 34.3 Å². The highest BCUT2D eigenvalue weighted by molar-refractivity contribution is 6.12. The van der Waals surface area contributed by atoms with Gasteiger partial charge in [-0.3, -0.25) is 0 Å². The van der Waals surface area contributed by atoms with Gasteiger partial charge in [-0.25, -0.2) is 0 Å². The van der Waals surface area contributed by atoms with Crippen molar-refractivity contribution in [3.8, 4) is 11.1 Å². The maximum atomic E-state index is 2.50. The van der Waals surface area contributed by atoms with Gasteiger partial charge in [0.05, 0.1) is 0 Å². The molecule has 35 heavy (non-hydrogen) atoms. The third-order valence-corrected chi connectivity index (χ3v) is 8.89. The maximum Gasteiger partial charge on any atom is 0.0492 e. The number of benzene rings is 3. The van der Waals surface area contributed by atoms with Gasteiger partial charge >= 0.3 is 0 Å². The molecular formula is C34H37N.